The molecule has 0 spiro atoms. The van der Waals surface area contributed by atoms with Gasteiger partial charge in [-0.3, -0.25) is 19.2 Å². The van der Waals surface area contributed by atoms with E-state index in [-0.39, 0.29) is 25.7 Å². The molecule has 12 nitrogen and oxygen atoms in total. The molecule has 3 rings (SSSR count). The predicted molar refractivity (Wildman–Crippen MR) is 157 cm³/mol. The second kappa shape index (κ2) is 14.8. The highest BCUT2D eigenvalue weighted by Crippen LogP contribution is 2.19. The zero-order valence-corrected chi connectivity index (χ0v) is 23.6. The quantitative estimate of drug-likeness (QED) is 0.137. The number of nitrogens with one attached hydrogen (secondary N) is 4. The van der Waals surface area contributed by atoms with Crippen LogP contribution in [0, 0.1) is 5.92 Å². The molecule has 0 fully saturated rings. The molecule has 4 unspecified atom stereocenters. The van der Waals surface area contributed by atoms with Crippen LogP contribution in [0.1, 0.15) is 37.8 Å². The second-order valence-electron chi connectivity index (χ2n) is 10.6. The van der Waals surface area contributed by atoms with Crippen LogP contribution in [0.5, 0.6) is 0 Å². The highest BCUT2D eigenvalue weighted by Gasteiger charge is 2.32. The molecule has 0 saturated heterocycles. The second-order valence-corrected chi connectivity index (χ2v) is 10.6. The van der Waals surface area contributed by atoms with Crippen molar-refractivity contribution in [3.8, 4) is 0 Å². The fourth-order valence-electron chi connectivity index (χ4n) is 4.54. The summed E-state index contributed by atoms with van der Waals surface area (Å²) in [5.74, 6) is -4.21. The number of nitrogens with two attached hydrogens (primary N) is 2. The van der Waals surface area contributed by atoms with E-state index in [0.29, 0.717) is 0 Å². The van der Waals surface area contributed by atoms with Crippen molar-refractivity contribution in [1.29, 1.82) is 0 Å². The Bertz CT molecular complexity index is 1410. The van der Waals surface area contributed by atoms with Gasteiger partial charge in [0.15, 0.2) is 0 Å². The first-order valence-corrected chi connectivity index (χ1v) is 13.7. The van der Waals surface area contributed by atoms with Crippen LogP contribution in [0.2, 0.25) is 0 Å². The lowest BCUT2D eigenvalue weighted by atomic mass is 9.99. The normalized spacial score (nSPS) is 14.0. The number of primary amides is 1. The Morgan fingerprint density at radius 1 is 0.833 bits per heavy atom. The van der Waals surface area contributed by atoms with Gasteiger partial charge in [-0.2, -0.15) is 0 Å². The third-order valence-electron chi connectivity index (χ3n) is 6.91. The van der Waals surface area contributed by atoms with Crippen molar-refractivity contribution in [3.05, 3.63) is 71.9 Å². The third-order valence-corrected chi connectivity index (χ3v) is 6.91. The van der Waals surface area contributed by atoms with Crippen molar-refractivity contribution >= 4 is 40.5 Å². The van der Waals surface area contributed by atoms with Crippen molar-refractivity contribution < 1.29 is 29.1 Å². The van der Waals surface area contributed by atoms with Gasteiger partial charge in [0.05, 0.1) is 6.04 Å². The monoisotopic (exact) mass is 578 g/mol. The van der Waals surface area contributed by atoms with E-state index < -0.39 is 59.7 Å². The fourth-order valence-corrected chi connectivity index (χ4v) is 4.54. The third kappa shape index (κ3) is 8.90. The van der Waals surface area contributed by atoms with Gasteiger partial charge in [-0.05, 0) is 29.5 Å². The topological polar surface area (TPSA) is 209 Å². The van der Waals surface area contributed by atoms with Gasteiger partial charge in [0.2, 0.25) is 23.6 Å². The molecule has 12 heteroatoms. The highest BCUT2D eigenvalue weighted by atomic mass is 16.4. The summed E-state index contributed by atoms with van der Waals surface area (Å²) in [6, 6.07) is 11.8. The van der Waals surface area contributed by atoms with Crippen LogP contribution >= 0.6 is 0 Å². The summed E-state index contributed by atoms with van der Waals surface area (Å²) in [7, 11) is 0. The molecular weight excluding hydrogens is 540 g/mol. The smallest absolute Gasteiger partial charge is 0.326 e. The molecule has 3 aromatic rings. The zero-order valence-electron chi connectivity index (χ0n) is 23.6. The molecule has 0 bridgehead atoms. The van der Waals surface area contributed by atoms with Gasteiger partial charge in [-0.1, -0.05) is 62.4 Å². The molecule has 0 aliphatic heterocycles. The number of fused-ring (bicyclic) bond motifs is 1. The average molecular weight is 579 g/mol. The number of rotatable bonds is 15. The van der Waals surface area contributed by atoms with Crippen LogP contribution in [0.25, 0.3) is 10.9 Å². The molecule has 0 radical (unpaired) electrons. The number of H-pyrrole nitrogens is 1. The maximum absolute atomic E-state index is 13.6. The molecule has 4 amide bonds. The Labute approximate surface area is 243 Å². The Hall–Kier alpha value is -4.71. The van der Waals surface area contributed by atoms with Crippen LogP contribution in [-0.2, 0) is 36.8 Å². The van der Waals surface area contributed by atoms with Gasteiger partial charge in [0.1, 0.15) is 18.1 Å². The number of benzene rings is 2. The molecule has 1 aromatic heterocycles. The lowest BCUT2D eigenvalue weighted by molar-refractivity contribution is -0.142. The average Bonchev–Trinajstić information content (AvgIpc) is 3.36. The number of carbonyl (C=O) groups excluding carboxylic acids is 4. The fraction of sp³-hybridized carbons (Fsp3) is 0.367. The predicted octanol–water partition coefficient (Wildman–Crippen LogP) is 0.741. The van der Waals surface area contributed by atoms with E-state index in [1.807, 2.05) is 24.3 Å². The van der Waals surface area contributed by atoms with Crippen molar-refractivity contribution in [2.45, 2.75) is 63.7 Å². The minimum absolute atomic E-state index is 0.00237. The van der Waals surface area contributed by atoms with Gasteiger partial charge < -0.3 is 37.5 Å². The van der Waals surface area contributed by atoms with Crippen LogP contribution < -0.4 is 27.4 Å². The van der Waals surface area contributed by atoms with Gasteiger partial charge in [-0.25, -0.2) is 4.79 Å². The summed E-state index contributed by atoms with van der Waals surface area (Å²) in [4.78, 5) is 66.0. The highest BCUT2D eigenvalue weighted by molar-refractivity contribution is 5.95. The van der Waals surface area contributed by atoms with Crippen LogP contribution in [0.15, 0.2) is 60.8 Å². The Kier molecular flexibility index (Phi) is 11.2. The molecule has 0 saturated carbocycles. The maximum Gasteiger partial charge on any atom is 0.326 e. The van der Waals surface area contributed by atoms with Gasteiger partial charge in [0.25, 0.3) is 0 Å². The molecule has 0 aliphatic rings. The first-order valence-electron chi connectivity index (χ1n) is 13.7. The largest absolute Gasteiger partial charge is 0.480 e. The molecule has 4 atom stereocenters. The van der Waals surface area contributed by atoms with Crippen LogP contribution in [-0.4, -0.2) is 63.9 Å². The Morgan fingerprint density at radius 2 is 1.48 bits per heavy atom. The molecule has 9 N–H and O–H groups in total. The number of aromatic nitrogens is 1. The maximum atomic E-state index is 13.6. The number of hydrogen-bond acceptors (Lipinski definition) is 6. The number of aliphatic carboxylic acids is 1. The van der Waals surface area contributed by atoms with E-state index in [0.717, 1.165) is 22.0 Å². The number of aromatic amines is 1. The van der Waals surface area contributed by atoms with Crippen molar-refractivity contribution in [1.82, 2.24) is 20.9 Å². The number of para-hydroxylation sites is 1. The summed E-state index contributed by atoms with van der Waals surface area (Å²) in [6.45, 7) is 3.43. The molecule has 1 heterocycles. The van der Waals surface area contributed by atoms with Gasteiger partial charge in [-0.15, -0.1) is 0 Å². The lowest BCUT2D eigenvalue weighted by Crippen LogP contribution is -2.59. The van der Waals surface area contributed by atoms with E-state index in [9.17, 15) is 29.1 Å². The number of carboxylic acid groups (broad SMARTS) is 1. The number of hydrogen-bond donors (Lipinski definition) is 7. The molecule has 0 aliphatic carbocycles. The van der Waals surface area contributed by atoms with Gasteiger partial charge >= 0.3 is 5.97 Å². The van der Waals surface area contributed by atoms with Crippen molar-refractivity contribution in [2.75, 3.05) is 0 Å². The Balaban J connectivity index is 1.80. The zero-order chi connectivity index (χ0) is 30.8. The lowest BCUT2D eigenvalue weighted by Gasteiger charge is -2.27. The summed E-state index contributed by atoms with van der Waals surface area (Å²) in [5, 5.41) is 18.5. The molecule has 42 heavy (non-hydrogen) atoms. The molecular formula is C30H38N6O6. The van der Waals surface area contributed by atoms with Crippen LogP contribution in [0.3, 0.4) is 0 Å². The first-order chi connectivity index (χ1) is 20.0. The number of amides is 4. The summed E-state index contributed by atoms with van der Waals surface area (Å²) >= 11 is 0. The van der Waals surface area contributed by atoms with E-state index in [4.69, 9.17) is 11.5 Å². The summed E-state index contributed by atoms with van der Waals surface area (Å²) < 4.78 is 0. The summed E-state index contributed by atoms with van der Waals surface area (Å²) in [5.41, 5.74) is 13.4. The van der Waals surface area contributed by atoms with Crippen molar-refractivity contribution in [2.24, 2.45) is 17.4 Å². The van der Waals surface area contributed by atoms with E-state index in [2.05, 4.69) is 20.9 Å². The standard InChI is InChI=1S/C30H38N6O6/c1-17(2)26(29(40)35-24(30(41)42)14-18-8-4-3-5-9-18)36-28(39)23(34-27(38)21(31)12-13-25(32)37)15-19-16-33-22-11-7-6-10-20(19)22/h3-11,16-17,21,23-24,26,33H,12-15,31H2,1-2H3,(H2,32,37)(H,34,38)(H,35,40)(H,36,39)(H,41,42). The Morgan fingerprint density at radius 3 is 2.12 bits per heavy atom. The summed E-state index contributed by atoms with van der Waals surface area (Å²) in [6.07, 6.45) is 1.76. The number of carboxylic acids is 1. The van der Waals surface area contributed by atoms with Crippen molar-refractivity contribution in [3.63, 3.8) is 0 Å². The van der Waals surface area contributed by atoms with E-state index in [1.54, 1.807) is 50.4 Å². The van der Waals surface area contributed by atoms with E-state index >= 15 is 0 Å². The minimum atomic E-state index is -1.22. The van der Waals surface area contributed by atoms with E-state index in [1.165, 1.54) is 0 Å². The molecule has 2 aromatic carbocycles. The minimum Gasteiger partial charge on any atom is -0.480 e. The van der Waals surface area contributed by atoms with Crippen LogP contribution in [0.4, 0.5) is 0 Å². The SMILES string of the molecule is CC(C)C(NC(=O)C(Cc1c[nH]c2ccccc12)NC(=O)C(N)CCC(N)=O)C(=O)NC(Cc1ccccc1)C(=O)O. The van der Waals surface area contributed by atoms with Gasteiger partial charge in [0, 0.05) is 36.4 Å². The molecule has 224 valence electrons. The number of carbonyl (C=O) groups is 5. The first kappa shape index (κ1) is 31.8.